The minimum atomic E-state index is -0.821. The van der Waals surface area contributed by atoms with Crippen molar-refractivity contribution in [2.24, 2.45) is 7.05 Å². The molecule has 2 aromatic rings. The smallest absolute Gasteiger partial charge is 0.296 e. The Morgan fingerprint density at radius 2 is 2.20 bits per heavy atom. The monoisotopic (exact) mass is 347 g/mol. The molecule has 0 saturated carbocycles. The second kappa shape index (κ2) is 5.99. The molecule has 1 aliphatic rings. The summed E-state index contributed by atoms with van der Waals surface area (Å²) in [5, 5.41) is 17.0. The number of amides is 1. The van der Waals surface area contributed by atoms with Crippen molar-refractivity contribution in [2.75, 3.05) is 6.61 Å². The fourth-order valence-electron chi connectivity index (χ4n) is 2.80. The van der Waals surface area contributed by atoms with Gasteiger partial charge in [0.05, 0.1) is 25.4 Å². The third kappa shape index (κ3) is 3.02. The van der Waals surface area contributed by atoms with Crippen LogP contribution in [0.5, 0.6) is 5.75 Å². The molecule has 0 spiro atoms. The van der Waals surface area contributed by atoms with Crippen LogP contribution in [0.4, 0.5) is 0 Å². The van der Waals surface area contributed by atoms with Crippen LogP contribution in [0.25, 0.3) is 0 Å². The highest BCUT2D eigenvalue weighted by atomic mass is 16.5. The first-order valence-corrected chi connectivity index (χ1v) is 7.96. The average molecular weight is 347 g/mol. The number of nitrogens with zero attached hydrogens (tertiary/aromatic N) is 4. The molecule has 2 N–H and O–H groups in total. The summed E-state index contributed by atoms with van der Waals surface area (Å²) >= 11 is 0. The van der Waals surface area contributed by atoms with Crippen molar-refractivity contribution in [3.63, 3.8) is 0 Å². The Kier molecular flexibility index (Phi) is 4.11. The number of rotatable bonds is 3. The van der Waals surface area contributed by atoms with Gasteiger partial charge in [-0.05, 0) is 26.8 Å². The van der Waals surface area contributed by atoms with Crippen molar-refractivity contribution >= 4 is 5.91 Å². The lowest BCUT2D eigenvalue weighted by Crippen LogP contribution is -2.42. The van der Waals surface area contributed by atoms with Gasteiger partial charge in [-0.25, -0.2) is 4.98 Å². The molecular weight excluding hydrogens is 326 g/mol. The second-order valence-electron chi connectivity index (χ2n) is 6.53. The zero-order chi connectivity index (χ0) is 18.4. The van der Waals surface area contributed by atoms with E-state index in [0.29, 0.717) is 18.1 Å². The van der Waals surface area contributed by atoms with Crippen molar-refractivity contribution in [1.82, 2.24) is 24.6 Å². The zero-order valence-corrected chi connectivity index (χ0v) is 14.7. The van der Waals surface area contributed by atoms with E-state index in [4.69, 9.17) is 4.74 Å². The van der Waals surface area contributed by atoms with E-state index in [9.17, 15) is 14.7 Å². The van der Waals surface area contributed by atoms with Crippen LogP contribution in [0, 0.1) is 6.92 Å². The van der Waals surface area contributed by atoms with Crippen molar-refractivity contribution in [2.45, 2.75) is 39.5 Å². The van der Waals surface area contributed by atoms with E-state index in [0.717, 1.165) is 5.69 Å². The van der Waals surface area contributed by atoms with Crippen LogP contribution >= 0.6 is 0 Å². The SMILES string of the molecule is Cc1cc(CNC(=O)c2nc3n(c(=O)c2O)CCOC3(C)C)nn1C. The molecular formula is C16H21N5O4. The van der Waals surface area contributed by atoms with Crippen molar-refractivity contribution in [1.29, 1.82) is 0 Å². The first-order valence-electron chi connectivity index (χ1n) is 7.96. The van der Waals surface area contributed by atoms with E-state index in [1.807, 2.05) is 13.0 Å². The van der Waals surface area contributed by atoms with Gasteiger partial charge < -0.3 is 15.2 Å². The lowest BCUT2D eigenvalue weighted by molar-refractivity contribution is -0.0566. The largest absolute Gasteiger partial charge is 0.501 e. The number of aryl methyl sites for hydroxylation is 2. The highest BCUT2D eigenvalue weighted by Gasteiger charge is 2.34. The summed E-state index contributed by atoms with van der Waals surface area (Å²) < 4.78 is 8.66. The molecule has 0 aliphatic carbocycles. The molecule has 9 heteroatoms. The van der Waals surface area contributed by atoms with Crippen molar-refractivity contribution < 1.29 is 14.6 Å². The van der Waals surface area contributed by atoms with Gasteiger partial charge in [-0.15, -0.1) is 0 Å². The number of hydrogen-bond donors (Lipinski definition) is 2. The molecule has 0 unspecified atom stereocenters. The summed E-state index contributed by atoms with van der Waals surface area (Å²) in [4.78, 5) is 29.0. The van der Waals surface area contributed by atoms with Crippen LogP contribution < -0.4 is 10.9 Å². The van der Waals surface area contributed by atoms with Crippen LogP contribution in [0.15, 0.2) is 10.9 Å². The fourth-order valence-corrected chi connectivity index (χ4v) is 2.80. The summed E-state index contributed by atoms with van der Waals surface area (Å²) in [6, 6.07) is 1.84. The van der Waals surface area contributed by atoms with Gasteiger partial charge in [-0.3, -0.25) is 18.8 Å². The summed E-state index contributed by atoms with van der Waals surface area (Å²) in [7, 11) is 1.81. The maximum Gasteiger partial charge on any atom is 0.296 e. The normalized spacial score (nSPS) is 15.7. The van der Waals surface area contributed by atoms with Crippen LogP contribution in [0.3, 0.4) is 0 Å². The molecule has 1 aliphatic heterocycles. The average Bonchev–Trinajstić information content (AvgIpc) is 2.87. The number of carbonyl (C=O) groups is 1. The minimum Gasteiger partial charge on any atom is -0.501 e. The molecule has 0 atom stereocenters. The van der Waals surface area contributed by atoms with Gasteiger partial charge in [0.1, 0.15) is 11.4 Å². The summed E-state index contributed by atoms with van der Waals surface area (Å²) in [6.45, 7) is 6.22. The Labute approximate surface area is 144 Å². The second-order valence-corrected chi connectivity index (χ2v) is 6.53. The van der Waals surface area contributed by atoms with E-state index in [1.165, 1.54) is 4.57 Å². The predicted molar refractivity (Wildman–Crippen MR) is 88.3 cm³/mol. The Hall–Kier alpha value is -2.68. The van der Waals surface area contributed by atoms with Crippen LogP contribution in [0.1, 0.15) is 41.5 Å². The first-order chi connectivity index (χ1) is 11.7. The molecule has 3 rings (SSSR count). The number of hydrogen-bond acceptors (Lipinski definition) is 6. The molecule has 3 heterocycles. The van der Waals surface area contributed by atoms with E-state index >= 15 is 0 Å². The summed E-state index contributed by atoms with van der Waals surface area (Å²) in [5.41, 5.74) is -0.136. The maximum absolute atomic E-state index is 12.4. The van der Waals surface area contributed by atoms with Gasteiger partial charge >= 0.3 is 0 Å². The number of carbonyl (C=O) groups excluding carboxylic acids is 1. The number of aromatic nitrogens is 4. The highest BCUT2D eigenvalue weighted by molar-refractivity contribution is 5.94. The third-order valence-corrected chi connectivity index (χ3v) is 4.27. The molecule has 0 aromatic carbocycles. The molecule has 25 heavy (non-hydrogen) atoms. The Morgan fingerprint density at radius 3 is 2.84 bits per heavy atom. The minimum absolute atomic E-state index is 0.167. The molecule has 1 amide bonds. The van der Waals surface area contributed by atoms with Crippen molar-refractivity contribution in [3.8, 4) is 5.75 Å². The third-order valence-electron chi connectivity index (χ3n) is 4.27. The quantitative estimate of drug-likeness (QED) is 0.820. The van der Waals surface area contributed by atoms with E-state index in [1.54, 1.807) is 25.6 Å². The van der Waals surface area contributed by atoms with Gasteiger partial charge in [0.15, 0.2) is 5.69 Å². The number of ether oxygens (including phenoxy) is 1. The van der Waals surface area contributed by atoms with Crippen molar-refractivity contribution in [3.05, 3.63) is 39.3 Å². The predicted octanol–water partition coefficient (Wildman–Crippen LogP) is 0.186. The first kappa shape index (κ1) is 17.2. The van der Waals surface area contributed by atoms with Gasteiger partial charge in [-0.2, -0.15) is 5.10 Å². The topological polar surface area (TPSA) is 111 Å². The molecule has 0 radical (unpaired) electrons. The Morgan fingerprint density at radius 1 is 1.48 bits per heavy atom. The molecule has 9 nitrogen and oxygen atoms in total. The zero-order valence-electron chi connectivity index (χ0n) is 14.7. The van der Waals surface area contributed by atoms with Gasteiger partial charge in [0, 0.05) is 12.7 Å². The van der Waals surface area contributed by atoms with E-state index < -0.39 is 22.8 Å². The Bertz CT molecular complexity index is 877. The van der Waals surface area contributed by atoms with E-state index in [2.05, 4.69) is 15.4 Å². The molecule has 0 bridgehead atoms. The van der Waals surface area contributed by atoms with Crippen LogP contribution in [0.2, 0.25) is 0 Å². The van der Waals surface area contributed by atoms with Gasteiger partial charge in [0.25, 0.3) is 11.5 Å². The standard InChI is InChI=1S/C16H21N5O4/c1-9-7-10(19-20(9)4)8-17-13(23)11-12(22)14(24)21-5-6-25-16(2,3)15(21)18-11/h7,22H,5-6,8H2,1-4H3,(H,17,23). The number of aromatic hydroxyl groups is 1. The molecule has 134 valence electrons. The van der Waals surface area contributed by atoms with Crippen LogP contribution in [-0.4, -0.2) is 37.0 Å². The number of nitrogens with one attached hydrogen (secondary N) is 1. The summed E-state index contributed by atoms with van der Waals surface area (Å²) in [6.07, 6.45) is 0. The molecule has 0 fully saturated rings. The lowest BCUT2D eigenvalue weighted by atomic mass is 10.1. The number of fused-ring (bicyclic) bond motifs is 1. The Balaban J connectivity index is 1.90. The lowest BCUT2D eigenvalue weighted by Gasteiger charge is -2.32. The van der Waals surface area contributed by atoms with Gasteiger partial charge in [0.2, 0.25) is 5.75 Å². The van der Waals surface area contributed by atoms with Crippen LogP contribution in [-0.2, 0) is 30.5 Å². The highest BCUT2D eigenvalue weighted by Crippen LogP contribution is 2.27. The molecule has 2 aromatic heterocycles. The maximum atomic E-state index is 12.4. The summed E-state index contributed by atoms with van der Waals surface area (Å²) in [5.74, 6) is -0.973. The van der Waals surface area contributed by atoms with E-state index in [-0.39, 0.29) is 18.8 Å². The van der Waals surface area contributed by atoms with Gasteiger partial charge in [-0.1, -0.05) is 0 Å². The molecule has 0 saturated heterocycles. The fraction of sp³-hybridized carbons (Fsp3) is 0.500.